The predicted octanol–water partition coefficient (Wildman–Crippen LogP) is 1.79. The summed E-state index contributed by atoms with van der Waals surface area (Å²) in [6.07, 6.45) is 6.71. The average Bonchev–Trinajstić information content (AvgIpc) is 2.70. The van der Waals surface area contributed by atoms with Crippen LogP contribution in [-0.4, -0.2) is 62.7 Å². The van der Waals surface area contributed by atoms with Crippen molar-refractivity contribution in [1.82, 2.24) is 15.1 Å². The van der Waals surface area contributed by atoms with Crippen LogP contribution < -0.4 is 5.32 Å². The second-order valence-corrected chi connectivity index (χ2v) is 5.55. The Kier molecular flexibility index (Phi) is 7.82. The molecule has 102 valence electrons. The fraction of sp³-hybridized carbons (Fsp3) is 1.00. The van der Waals surface area contributed by atoms with Crippen LogP contribution in [0, 0.1) is 0 Å². The monoisotopic (exact) mass is 241 g/mol. The molecular weight excluding hydrogens is 210 g/mol. The molecule has 0 spiro atoms. The first kappa shape index (κ1) is 14.9. The molecule has 1 N–H and O–H groups in total. The minimum atomic E-state index is 0.814. The van der Waals surface area contributed by atoms with Crippen molar-refractivity contribution in [2.24, 2.45) is 0 Å². The van der Waals surface area contributed by atoms with Gasteiger partial charge in [0.25, 0.3) is 0 Å². The summed E-state index contributed by atoms with van der Waals surface area (Å²) in [5.74, 6) is 0. The minimum absolute atomic E-state index is 0.814. The molecule has 1 unspecified atom stereocenters. The highest BCUT2D eigenvalue weighted by Gasteiger charge is 2.23. The Hall–Kier alpha value is -0.120. The molecule has 0 aromatic carbocycles. The van der Waals surface area contributed by atoms with E-state index < -0.39 is 0 Å². The molecule has 1 saturated heterocycles. The summed E-state index contributed by atoms with van der Waals surface area (Å²) in [6, 6.07) is 0.814. The summed E-state index contributed by atoms with van der Waals surface area (Å²) < 4.78 is 0. The van der Waals surface area contributed by atoms with Crippen LogP contribution in [0.15, 0.2) is 0 Å². The molecule has 1 rings (SSSR count). The molecular formula is C14H31N3. The van der Waals surface area contributed by atoms with Gasteiger partial charge in [0.05, 0.1) is 0 Å². The summed E-state index contributed by atoms with van der Waals surface area (Å²) in [5, 5.41) is 3.48. The summed E-state index contributed by atoms with van der Waals surface area (Å²) in [5.41, 5.74) is 0. The molecule has 0 radical (unpaired) electrons. The van der Waals surface area contributed by atoms with Crippen LogP contribution in [0.5, 0.6) is 0 Å². The van der Waals surface area contributed by atoms with Crippen molar-refractivity contribution in [3.8, 4) is 0 Å². The molecule has 0 bridgehead atoms. The molecule has 3 heteroatoms. The molecule has 3 nitrogen and oxygen atoms in total. The van der Waals surface area contributed by atoms with E-state index in [4.69, 9.17) is 0 Å². The van der Waals surface area contributed by atoms with E-state index in [2.05, 4.69) is 36.1 Å². The lowest BCUT2D eigenvalue weighted by atomic mass is 10.2. The molecule has 0 aliphatic carbocycles. The van der Waals surface area contributed by atoms with Gasteiger partial charge in [0.2, 0.25) is 0 Å². The van der Waals surface area contributed by atoms with Gasteiger partial charge in [0.1, 0.15) is 0 Å². The third-order valence-electron chi connectivity index (χ3n) is 3.55. The largest absolute Gasteiger partial charge is 0.317 e. The number of likely N-dealkylation sites (tertiary alicyclic amines) is 1. The summed E-state index contributed by atoms with van der Waals surface area (Å²) in [4.78, 5) is 5.02. The Bertz CT molecular complexity index is 182. The van der Waals surface area contributed by atoms with E-state index in [-0.39, 0.29) is 0 Å². The van der Waals surface area contributed by atoms with E-state index in [0.29, 0.717) is 0 Å². The van der Waals surface area contributed by atoms with Crippen molar-refractivity contribution in [3.05, 3.63) is 0 Å². The number of hydrogen-bond acceptors (Lipinski definition) is 3. The smallest absolute Gasteiger partial charge is 0.0223 e. The van der Waals surface area contributed by atoms with E-state index in [9.17, 15) is 0 Å². The molecule has 17 heavy (non-hydrogen) atoms. The Morgan fingerprint density at radius 3 is 2.76 bits per heavy atom. The molecule has 1 aliphatic heterocycles. The van der Waals surface area contributed by atoms with Crippen LogP contribution in [-0.2, 0) is 0 Å². The van der Waals surface area contributed by atoms with Crippen LogP contribution in [0.2, 0.25) is 0 Å². The van der Waals surface area contributed by atoms with Crippen molar-refractivity contribution in [1.29, 1.82) is 0 Å². The highest BCUT2D eigenvalue weighted by atomic mass is 15.2. The van der Waals surface area contributed by atoms with Gasteiger partial charge in [-0.25, -0.2) is 0 Å². The van der Waals surface area contributed by atoms with Gasteiger partial charge in [-0.15, -0.1) is 0 Å². The molecule has 1 fully saturated rings. The SMILES string of the molecule is CCCNCCCCN1CCCC1CN(C)C. The molecule has 1 heterocycles. The maximum Gasteiger partial charge on any atom is 0.0223 e. The third-order valence-corrected chi connectivity index (χ3v) is 3.55. The zero-order chi connectivity index (χ0) is 12.5. The van der Waals surface area contributed by atoms with Gasteiger partial charge < -0.3 is 10.2 Å². The first-order valence-electron chi connectivity index (χ1n) is 7.33. The number of nitrogens with zero attached hydrogens (tertiary/aromatic N) is 2. The van der Waals surface area contributed by atoms with Crippen molar-refractivity contribution in [2.45, 2.75) is 45.1 Å². The lowest BCUT2D eigenvalue weighted by Gasteiger charge is -2.26. The Morgan fingerprint density at radius 1 is 1.24 bits per heavy atom. The number of rotatable bonds is 9. The van der Waals surface area contributed by atoms with Gasteiger partial charge in [0, 0.05) is 12.6 Å². The first-order chi connectivity index (χ1) is 8.24. The van der Waals surface area contributed by atoms with Crippen molar-refractivity contribution in [2.75, 3.05) is 46.8 Å². The molecule has 0 saturated carbocycles. The Balaban J connectivity index is 2.05. The van der Waals surface area contributed by atoms with Crippen LogP contribution in [0.25, 0.3) is 0 Å². The zero-order valence-electron chi connectivity index (χ0n) is 12.0. The predicted molar refractivity (Wildman–Crippen MR) is 75.5 cm³/mol. The summed E-state index contributed by atoms with van der Waals surface area (Å²) >= 11 is 0. The molecule has 1 aliphatic rings. The van der Waals surface area contributed by atoms with Crippen molar-refractivity contribution < 1.29 is 0 Å². The Morgan fingerprint density at radius 2 is 2.06 bits per heavy atom. The van der Waals surface area contributed by atoms with Gasteiger partial charge in [0.15, 0.2) is 0 Å². The molecule has 0 aromatic rings. The topological polar surface area (TPSA) is 18.5 Å². The van der Waals surface area contributed by atoms with E-state index >= 15 is 0 Å². The van der Waals surface area contributed by atoms with Crippen LogP contribution in [0.1, 0.15) is 39.0 Å². The van der Waals surface area contributed by atoms with Gasteiger partial charge in [-0.05, 0) is 72.4 Å². The number of nitrogens with one attached hydrogen (secondary N) is 1. The van der Waals surface area contributed by atoms with Gasteiger partial charge in [-0.3, -0.25) is 4.90 Å². The normalized spacial score (nSPS) is 21.5. The number of unbranched alkanes of at least 4 members (excludes halogenated alkanes) is 1. The maximum atomic E-state index is 3.48. The van der Waals surface area contributed by atoms with Crippen LogP contribution in [0.4, 0.5) is 0 Å². The molecule has 0 aromatic heterocycles. The minimum Gasteiger partial charge on any atom is -0.317 e. The van der Waals surface area contributed by atoms with Crippen molar-refractivity contribution >= 4 is 0 Å². The van der Waals surface area contributed by atoms with E-state index in [1.165, 1.54) is 64.8 Å². The first-order valence-corrected chi connectivity index (χ1v) is 7.33. The lowest BCUT2D eigenvalue weighted by Crippen LogP contribution is -2.38. The highest BCUT2D eigenvalue weighted by molar-refractivity contribution is 4.80. The van der Waals surface area contributed by atoms with Gasteiger partial charge in [-0.2, -0.15) is 0 Å². The van der Waals surface area contributed by atoms with Crippen LogP contribution >= 0.6 is 0 Å². The van der Waals surface area contributed by atoms with E-state index in [1.54, 1.807) is 0 Å². The fourth-order valence-corrected chi connectivity index (χ4v) is 2.68. The fourth-order valence-electron chi connectivity index (χ4n) is 2.68. The van der Waals surface area contributed by atoms with Crippen LogP contribution in [0.3, 0.4) is 0 Å². The zero-order valence-corrected chi connectivity index (χ0v) is 12.0. The standard InChI is InChI=1S/C14H31N3/c1-4-9-15-10-5-6-11-17-12-7-8-14(17)13-16(2)3/h14-15H,4-13H2,1-3H3. The number of hydrogen-bond donors (Lipinski definition) is 1. The second kappa shape index (κ2) is 8.90. The lowest BCUT2D eigenvalue weighted by molar-refractivity contribution is 0.204. The van der Waals surface area contributed by atoms with Gasteiger partial charge >= 0.3 is 0 Å². The highest BCUT2D eigenvalue weighted by Crippen LogP contribution is 2.18. The van der Waals surface area contributed by atoms with E-state index in [0.717, 1.165) is 6.04 Å². The third kappa shape index (κ3) is 6.39. The van der Waals surface area contributed by atoms with Gasteiger partial charge in [-0.1, -0.05) is 6.92 Å². The van der Waals surface area contributed by atoms with E-state index in [1.807, 2.05) is 0 Å². The quantitative estimate of drug-likeness (QED) is 0.621. The molecule has 1 atom stereocenters. The maximum absolute atomic E-state index is 3.48. The average molecular weight is 241 g/mol. The second-order valence-electron chi connectivity index (χ2n) is 5.55. The summed E-state index contributed by atoms with van der Waals surface area (Å²) in [7, 11) is 4.37. The summed E-state index contributed by atoms with van der Waals surface area (Å²) in [6.45, 7) is 8.44. The Labute approximate surface area is 108 Å². The number of likely N-dealkylation sites (N-methyl/N-ethyl adjacent to an activating group) is 1. The molecule has 0 amide bonds. The van der Waals surface area contributed by atoms with Crippen molar-refractivity contribution in [3.63, 3.8) is 0 Å².